The predicted molar refractivity (Wildman–Crippen MR) is 80.7 cm³/mol. The van der Waals surface area contributed by atoms with Crippen molar-refractivity contribution >= 4 is 22.8 Å². The quantitative estimate of drug-likeness (QED) is 0.862. The highest BCUT2D eigenvalue weighted by atomic mass is 16.4. The van der Waals surface area contributed by atoms with Crippen molar-refractivity contribution in [1.29, 1.82) is 0 Å². The Morgan fingerprint density at radius 3 is 2.78 bits per heavy atom. The number of amides is 1. The topological polar surface area (TPSA) is 105 Å². The maximum atomic E-state index is 12.3. The molecule has 1 aliphatic heterocycles. The van der Waals surface area contributed by atoms with E-state index in [0.717, 1.165) is 4.68 Å². The number of carbonyl (C=O) groups is 2. The number of nitrogens with zero attached hydrogens (tertiary/aromatic N) is 4. The summed E-state index contributed by atoms with van der Waals surface area (Å²) in [6.07, 6.45) is 0.395. The average Bonchev–Trinajstić information content (AvgIpc) is 2.94. The van der Waals surface area contributed by atoms with E-state index in [1.165, 1.54) is 4.90 Å². The molecule has 23 heavy (non-hydrogen) atoms. The smallest absolute Gasteiger partial charge is 0.311 e. The van der Waals surface area contributed by atoms with Crippen LogP contribution in [0.3, 0.4) is 0 Å². The summed E-state index contributed by atoms with van der Waals surface area (Å²) in [6.45, 7) is 1.87. The lowest BCUT2D eigenvalue weighted by Crippen LogP contribution is -2.39. The largest absolute Gasteiger partial charge is 0.481 e. The van der Waals surface area contributed by atoms with Gasteiger partial charge in [0.05, 0.1) is 10.8 Å². The Hall–Kier alpha value is -2.77. The van der Waals surface area contributed by atoms with E-state index in [-0.39, 0.29) is 24.6 Å². The lowest BCUT2D eigenvalue weighted by molar-refractivity contribution is -0.147. The Morgan fingerprint density at radius 2 is 2.09 bits per heavy atom. The van der Waals surface area contributed by atoms with E-state index in [0.29, 0.717) is 23.9 Å². The van der Waals surface area contributed by atoms with Crippen LogP contribution in [0.1, 0.15) is 13.3 Å². The first-order valence-corrected chi connectivity index (χ1v) is 7.24. The maximum absolute atomic E-state index is 12.3. The molecule has 0 spiro atoms. The Morgan fingerprint density at radius 1 is 1.35 bits per heavy atom. The van der Waals surface area contributed by atoms with Crippen molar-refractivity contribution in [2.24, 2.45) is 5.41 Å². The van der Waals surface area contributed by atoms with E-state index in [4.69, 9.17) is 0 Å². The number of benzene rings is 1. The summed E-state index contributed by atoms with van der Waals surface area (Å²) in [4.78, 5) is 37.3. The number of aliphatic carboxylic acids is 1. The summed E-state index contributed by atoms with van der Waals surface area (Å²) in [7, 11) is 0. The van der Waals surface area contributed by atoms with E-state index < -0.39 is 11.4 Å². The first kappa shape index (κ1) is 15.1. The molecule has 2 aromatic rings. The van der Waals surface area contributed by atoms with Gasteiger partial charge in [-0.15, -0.1) is 5.10 Å². The molecule has 3 rings (SSSR count). The zero-order valence-corrected chi connectivity index (χ0v) is 12.6. The van der Waals surface area contributed by atoms with Crippen LogP contribution >= 0.6 is 0 Å². The molecule has 2 heterocycles. The van der Waals surface area contributed by atoms with Gasteiger partial charge in [0.1, 0.15) is 12.1 Å². The highest BCUT2D eigenvalue weighted by molar-refractivity contribution is 5.81. The fraction of sp³-hybridized carbons (Fsp3) is 0.400. The van der Waals surface area contributed by atoms with Crippen LogP contribution in [0, 0.1) is 5.41 Å². The van der Waals surface area contributed by atoms with Crippen molar-refractivity contribution in [2.75, 3.05) is 13.1 Å². The lowest BCUT2D eigenvalue weighted by atomic mass is 9.90. The second-order valence-corrected chi connectivity index (χ2v) is 6.00. The third-order valence-corrected chi connectivity index (χ3v) is 4.26. The standard InChI is InChI=1S/C15H16N4O4/c1-15(14(22)23)6-7-18(9-15)12(20)8-19-13(21)10-4-2-3-5-11(10)16-17-19/h2-5H,6-9H2,1H3,(H,22,23). The minimum atomic E-state index is -0.935. The van der Waals surface area contributed by atoms with Crippen molar-refractivity contribution in [2.45, 2.75) is 19.9 Å². The first-order valence-electron chi connectivity index (χ1n) is 7.24. The molecule has 120 valence electrons. The normalized spacial score (nSPS) is 20.8. The molecule has 8 nitrogen and oxygen atoms in total. The van der Waals surface area contributed by atoms with E-state index in [1.807, 2.05) is 0 Å². The molecule has 1 N–H and O–H groups in total. The van der Waals surface area contributed by atoms with Crippen LogP contribution in [0.5, 0.6) is 0 Å². The van der Waals surface area contributed by atoms with Crippen molar-refractivity contribution in [3.05, 3.63) is 34.6 Å². The highest BCUT2D eigenvalue weighted by Crippen LogP contribution is 2.30. The van der Waals surface area contributed by atoms with Crippen LogP contribution in [-0.4, -0.2) is 50.0 Å². The molecule has 1 fully saturated rings. The first-order chi connectivity index (χ1) is 10.9. The van der Waals surface area contributed by atoms with Gasteiger partial charge in [-0.25, -0.2) is 4.68 Å². The van der Waals surface area contributed by atoms with Crippen LogP contribution in [0.4, 0.5) is 0 Å². The molecule has 0 bridgehead atoms. The number of hydrogen-bond acceptors (Lipinski definition) is 5. The van der Waals surface area contributed by atoms with E-state index in [2.05, 4.69) is 10.3 Å². The summed E-state index contributed by atoms with van der Waals surface area (Å²) in [6, 6.07) is 6.78. The van der Waals surface area contributed by atoms with Crippen LogP contribution < -0.4 is 5.56 Å². The summed E-state index contributed by atoms with van der Waals surface area (Å²) in [5, 5.41) is 17.3. The van der Waals surface area contributed by atoms with Gasteiger partial charge in [0.15, 0.2) is 0 Å². The predicted octanol–water partition coefficient (Wildman–Crippen LogP) is 0.115. The van der Waals surface area contributed by atoms with Gasteiger partial charge in [0.2, 0.25) is 5.91 Å². The maximum Gasteiger partial charge on any atom is 0.311 e. The second-order valence-electron chi connectivity index (χ2n) is 6.00. The van der Waals surface area contributed by atoms with Gasteiger partial charge in [0.25, 0.3) is 5.56 Å². The van der Waals surface area contributed by atoms with Gasteiger partial charge in [-0.3, -0.25) is 14.4 Å². The third-order valence-electron chi connectivity index (χ3n) is 4.26. The average molecular weight is 316 g/mol. The number of aromatic nitrogens is 3. The lowest BCUT2D eigenvalue weighted by Gasteiger charge is -2.20. The second kappa shape index (κ2) is 5.45. The van der Waals surface area contributed by atoms with Gasteiger partial charge in [-0.05, 0) is 25.5 Å². The Kier molecular flexibility index (Phi) is 3.59. The van der Waals surface area contributed by atoms with Gasteiger partial charge >= 0.3 is 5.97 Å². The number of fused-ring (bicyclic) bond motifs is 1. The molecule has 1 unspecified atom stereocenters. The fourth-order valence-electron chi connectivity index (χ4n) is 2.70. The highest BCUT2D eigenvalue weighted by Gasteiger charge is 2.42. The Balaban J connectivity index is 1.80. The molecule has 1 atom stereocenters. The summed E-state index contributed by atoms with van der Waals surface area (Å²) < 4.78 is 1.01. The monoisotopic (exact) mass is 316 g/mol. The third kappa shape index (κ3) is 2.67. The number of carboxylic acid groups (broad SMARTS) is 1. The van der Waals surface area contributed by atoms with Crippen molar-refractivity contribution in [3.8, 4) is 0 Å². The van der Waals surface area contributed by atoms with E-state index in [1.54, 1.807) is 31.2 Å². The number of rotatable bonds is 3. The molecule has 1 amide bonds. The van der Waals surface area contributed by atoms with Crippen molar-refractivity contribution in [3.63, 3.8) is 0 Å². The minimum absolute atomic E-state index is 0.136. The molecule has 8 heteroatoms. The summed E-state index contributed by atoms with van der Waals surface area (Å²) in [5.74, 6) is -1.25. The molecule has 1 saturated heterocycles. The SMILES string of the molecule is CC1(C(=O)O)CCN(C(=O)Cn2nnc3ccccc3c2=O)C1. The zero-order chi connectivity index (χ0) is 16.6. The fourth-order valence-corrected chi connectivity index (χ4v) is 2.70. The summed E-state index contributed by atoms with van der Waals surface area (Å²) in [5.41, 5.74) is -0.847. The molecule has 0 aliphatic carbocycles. The molecular formula is C15H16N4O4. The van der Waals surface area contributed by atoms with Crippen LogP contribution in [0.25, 0.3) is 10.9 Å². The zero-order valence-electron chi connectivity index (χ0n) is 12.6. The van der Waals surface area contributed by atoms with Gasteiger partial charge < -0.3 is 10.0 Å². The molecule has 1 aromatic carbocycles. The molecule has 1 aliphatic rings. The van der Waals surface area contributed by atoms with E-state index in [9.17, 15) is 19.5 Å². The number of hydrogen-bond donors (Lipinski definition) is 1. The van der Waals surface area contributed by atoms with Gasteiger partial charge in [-0.2, -0.15) is 0 Å². The number of carboxylic acids is 1. The molecule has 0 radical (unpaired) electrons. The summed E-state index contributed by atoms with van der Waals surface area (Å²) >= 11 is 0. The molecule has 1 aromatic heterocycles. The van der Waals surface area contributed by atoms with Gasteiger partial charge in [-0.1, -0.05) is 17.3 Å². The Bertz CT molecular complexity index is 847. The van der Waals surface area contributed by atoms with E-state index >= 15 is 0 Å². The van der Waals surface area contributed by atoms with Crippen LogP contribution in [0.2, 0.25) is 0 Å². The van der Waals surface area contributed by atoms with Crippen molar-refractivity contribution in [1.82, 2.24) is 19.9 Å². The van der Waals surface area contributed by atoms with Crippen LogP contribution in [-0.2, 0) is 16.1 Å². The number of likely N-dealkylation sites (tertiary alicyclic amines) is 1. The Labute approximate surface area is 131 Å². The molecular weight excluding hydrogens is 300 g/mol. The molecule has 0 saturated carbocycles. The van der Waals surface area contributed by atoms with Crippen molar-refractivity contribution < 1.29 is 14.7 Å². The van der Waals surface area contributed by atoms with Gasteiger partial charge in [0, 0.05) is 13.1 Å². The number of carbonyl (C=O) groups excluding carboxylic acids is 1. The van der Waals surface area contributed by atoms with Crippen LogP contribution in [0.15, 0.2) is 29.1 Å². The minimum Gasteiger partial charge on any atom is -0.481 e.